The average molecular weight is 313 g/mol. The second-order valence-corrected chi connectivity index (χ2v) is 8.88. The van der Waals surface area contributed by atoms with Crippen molar-refractivity contribution in [3.63, 3.8) is 0 Å². The van der Waals surface area contributed by atoms with Crippen LogP contribution in [-0.2, 0) is 9.84 Å². The minimum absolute atomic E-state index is 0.0626. The Hall–Kier alpha value is -0.350. The molecule has 3 aliphatic carbocycles. The summed E-state index contributed by atoms with van der Waals surface area (Å²) in [7, 11) is -3.16. The predicted molar refractivity (Wildman–Crippen MR) is 68.8 cm³/mol. The molecular formula is C13H13BrO2S. The van der Waals surface area contributed by atoms with Gasteiger partial charge in [-0.25, -0.2) is 8.42 Å². The third kappa shape index (κ3) is 0.877. The SMILES string of the molecule is O=S(=O)(c1ccccc1)C12[C@@H]3CCC[C@@H]1C32Br. The van der Waals surface area contributed by atoms with E-state index in [1.165, 1.54) is 6.42 Å². The molecule has 0 saturated heterocycles. The van der Waals surface area contributed by atoms with Crippen molar-refractivity contribution in [3.8, 4) is 0 Å². The zero-order valence-corrected chi connectivity index (χ0v) is 11.7. The van der Waals surface area contributed by atoms with Gasteiger partial charge < -0.3 is 0 Å². The molecule has 3 fully saturated rings. The van der Waals surface area contributed by atoms with E-state index in [0.717, 1.165) is 12.8 Å². The number of hydrogen-bond acceptors (Lipinski definition) is 2. The molecular weight excluding hydrogens is 300 g/mol. The van der Waals surface area contributed by atoms with Crippen LogP contribution in [0.3, 0.4) is 0 Å². The number of hydrogen-bond donors (Lipinski definition) is 0. The van der Waals surface area contributed by atoms with Crippen molar-refractivity contribution < 1.29 is 8.42 Å². The largest absolute Gasteiger partial charge is 0.223 e. The predicted octanol–water partition coefficient (Wildman–Crippen LogP) is 2.78. The minimum Gasteiger partial charge on any atom is -0.223 e. The highest BCUT2D eigenvalue weighted by atomic mass is 79.9. The first-order valence-corrected chi connectivity index (χ1v) is 8.34. The van der Waals surface area contributed by atoms with Gasteiger partial charge in [0.2, 0.25) is 0 Å². The molecule has 0 aromatic heterocycles. The molecule has 0 radical (unpaired) electrons. The van der Waals surface area contributed by atoms with Crippen LogP contribution in [0, 0.1) is 11.8 Å². The summed E-state index contributed by atoms with van der Waals surface area (Å²) >= 11 is 3.71. The Balaban J connectivity index is 1.84. The molecule has 0 spiro atoms. The lowest BCUT2D eigenvalue weighted by atomic mass is 9.88. The molecule has 1 aromatic rings. The second-order valence-electron chi connectivity index (χ2n) is 5.41. The second kappa shape index (κ2) is 2.80. The van der Waals surface area contributed by atoms with Crippen molar-refractivity contribution in [3.05, 3.63) is 30.3 Å². The topological polar surface area (TPSA) is 34.1 Å². The van der Waals surface area contributed by atoms with Gasteiger partial charge in [0.25, 0.3) is 0 Å². The summed E-state index contributed by atoms with van der Waals surface area (Å²) in [5.74, 6) is 0.720. The van der Waals surface area contributed by atoms with Gasteiger partial charge in [-0.15, -0.1) is 0 Å². The maximum Gasteiger partial charge on any atom is 0.186 e. The van der Waals surface area contributed by atoms with Crippen molar-refractivity contribution in [1.82, 2.24) is 0 Å². The van der Waals surface area contributed by atoms with E-state index in [2.05, 4.69) is 15.9 Å². The first kappa shape index (κ1) is 10.6. The lowest BCUT2D eigenvalue weighted by Crippen LogP contribution is -2.29. The number of alkyl halides is 1. The molecule has 0 unspecified atom stereocenters. The van der Waals surface area contributed by atoms with Crippen molar-refractivity contribution in [2.75, 3.05) is 0 Å². The quantitative estimate of drug-likeness (QED) is 0.787. The molecule has 0 N–H and O–H groups in total. The summed E-state index contributed by atoms with van der Waals surface area (Å²) in [6, 6.07) is 8.92. The Morgan fingerprint density at radius 1 is 1.12 bits per heavy atom. The van der Waals surface area contributed by atoms with Crippen molar-refractivity contribution in [2.24, 2.45) is 11.8 Å². The Morgan fingerprint density at radius 2 is 1.71 bits per heavy atom. The van der Waals surface area contributed by atoms with E-state index in [0.29, 0.717) is 16.7 Å². The van der Waals surface area contributed by atoms with E-state index in [-0.39, 0.29) is 4.32 Å². The molecule has 0 heterocycles. The normalized spacial score (nSPS) is 46.2. The molecule has 4 rings (SSSR count). The van der Waals surface area contributed by atoms with Gasteiger partial charge in [0.15, 0.2) is 9.84 Å². The average Bonchev–Trinajstić information content (AvgIpc) is 3.16. The van der Waals surface area contributed by atoms with E-state index >= 15 is 0 Å². The number of benzene rings is 1. The Labute approximate surface area is 109 Å². The van der Waals surface area contributed by atoms with Crippen LogP contribution in [0.5, 0.6) is 0 Å². The van der Waals surface area contributed by atoms with Crippen LogP contribution in [-0.4, -0.2) is 17.5 Å². The van der Waals surface area contributed by atoms with Gasteiger partial charge in [0.1, 0.15) is 4.75 Å². The highest BCUT2D eigenvalue weighted by Gasteiger charge is 3.02. The van der Waals surface area contributed by atoms with E-state index < -0.39 is 14.6 Å². The first-order chi connectivity index (χ1) is 8.08. The monoisotopic (exact) mass is 312 g/mol. The summed E-state index contributed by atoms with van der Waals surface area (Å²) in [6.07, 6.45) is 3.32. The fourth-order valence-electron chi connectivity index (χ4n) is 4.21. The molecule has 17 heavy (non-hydrogen) atoms. The van der Waals surface area contributed by atoms with Crippen LogP contribution >= 0.6 is 15.9 Å². The maximum atomic E-state index is 12.7. The van der Waals surface area contributed by atoms with Crippen LogP contribution in [0.2, 0.25) is 0 Å². The summed E-state index contributed by atoms with van der Waals surface area (Å²) in [5, 5.41) is 0. The van der Waals surface area contributed by atoms with Gasteiger partial charge in [-0.2, -0.15) is 0 Å². The molecule has 0 aliphatic heterocycles. The first-order valence-electron chi connectivity index (χ1n) is 6.06. The van der Waals surface area contributed by atoms with Gasteiger partial charge >= 0.3 is 0 Å². The summed E-state index contributed by atoms with van der Waals surface area (Å²) in [6.45, 7) is 0. The fraction of sp³-hybridized carbons (Fsp3) is 0.538. The third-order valence-electron chi connectivity index (χ3n) is 4.97. The van der Waals surface area contributed by atoms with E-state index in [4.69, 9.17) is 0 Å². The van der Waals surface area contributed by atoms with Crippen LogP contribution < -0.4 is 0 Å². The summed E-state index contributed by atoms with van der Waals surface area (Å²) < 4.78 is 25.0. The van der Waals surface area contributed by atoms with Crippen LogP contribution in [0.1, 0.15) is 19.3 Å². The van der Waals surface area contributed by atoms with Crippen LogP contribution in [0.15, 0.2) is 35.2 Å². The molecule has 2 nitrogen and oxygen atoms in total. The zero-order valence-electron chi connectivity index (χ0n) is 9.27. The molecule has 3 aliphatic rings. The summed E-state index contributed by atoms with van der Waals surface area (Å²) in [4.78, 5) is 0.496. The third-order valence-corrected chi connectivity index (χ3v) is 9.68. The van der Waals surface area contributed by atoms with Gasteiger partial charge in [-0.05, 0) is 36.8 Å². The van der Waals surface area contributed by atoms with Crippen LogP contribution in [0.25, 0.3) is 0 Å². The molecule has 2 atom stereocenters. The van der Waals surface area contributed by atoms with Crippen molar-refractivity contribution in [2.45, 2.75) is 33.2 Å². The lowest BCUT2D eigenvalue weighted by molar-refractivity contribution is 0.357. The fourth-order valence-corrected chi connectivity index (χ4v) is 9.49. The molecule has 90 valence electrons. The highest BCUT2D eigenvalue weighted by molar-refractivity contribution is 9.10. The van der Waals surface area contributed by atoms with Gasteiger partial charge in [-0.1, -0.05) is 40.5 Å². The highest BCUT2D eigenvalue weighted by Crippen LogP contribution is 2.92. The van der Waals surface area contributed by atoms with E-state index in [1.54, 1.807) is 24.3 Å². The van der Waals surface area contributed by atoms with Gasteiger partial charge in [0, 0.05) is 0 Å². The van der Waals surface area contributed by atoms with Crippen LogP contribution in [0.4, 0.5) is 0 Å². The molecule has 4 heteroatoms. The number of sulfone groups is 1. The Bertz CT molecular complexity index is 581. The minimum atomic E-state index is -3.16. The van der Waals surface area contributed by atoms with E-state index in [1.807, 2.05) is 6.07 Å². The van der Waals surface area contributed by atoms with Crippen molar-refractivity contribution >= 4 is 25.8 Å². The Kier molecular flexibility index (Phi) is 1.74. The smallest absolute Gasteiger partial charge is 0.186 e. The van der Waals surface area contributed by atoms with Gasteiger partial charge in [-0.3, -0.25) is 0 Å². The Morgan fingerprint density at radius 3 is 2.24 bits per heavy atom. The maximum absolute atomic E-state index is 12.7. The molecule has 3 saturated carbocycles. The lowest BCUT2D eigenvalue weighted by Gasteiger charge is -2.25. The number of rotatable bonds is 2. The molecule has 1 aromatic carbocycles. The van der Waals surface area contributed by atoms with Crippen molar-refractivity contribution in [1.29, 1.82) is 0 Å². The zero-order chi connectivity index (χ0) is 11.9. The van der Waals surface area contributed by atoms with Gasteiger partial charge in [0.05, 0.1) is 9.22 Å². The molecule has 0 amide bonds. The standard InChI is InChI=1S/C13H13BrO2S/c14-12-10-7-4-8-11(12)13(10,12)17(15,16)9-5-2-1-3-6-9/h1-3,5-6,10-11H,4,7-8H2/t10-,11-,12?,13?/m1/s1. The molecule has 0 bridgehead atoms. The number of fused-ring (bicyclic) bond motifs is 2. The summed E-state index contributed by atoms with van der Waals surface area (Å²) in [5.41, 5.74) is 0. The number of halogens is 1. The van der Waals surface area contributed by atoms with E-state index in [9.17, 15) is 8.42 Å².